The Kier molecular flexibility index (Phi) is 3.89. The molecule has 3 heterocycles. The molecule has 20 heavy (non-hydrogen) atoms. The predicted octanol–water partition coefficient (Wildman–Crippen LogP) is 0.987. The van der Waals surface area contributed by atoms with Gasteiger partial charge in [0.15, 0.2) is 5.65 Å². The number of halogens is 1. The first kappa shape index (κ1) is 13.8. The van der Waals surface area contributed by atoms with E-state index < -0.39 is 6.10 Å². The van der Waals surface area contributed by atoms with Crippen LogP contribution in [-0.2, 0) is 11.8 Å². The lowest BCUT2D eigenvalue weighted by molar-refractivity contribution is 0.0137. The number of hydrogen-bond acceptors (Lipinski definition) is 5. The summed E-state index contributed by atoms with van der Waals surface area (Å²) < 4.78 is 6.96. The molecule has 1 N–H and O–H groups in total. The standard InChI is InChI=1S/C13H17ClN4O2/c1-17-13-9(2-3-11(14)15-13)12(16-17)10(19)8-18-4-6-20-7-5-18/h2-3,10,19H,4-8H2,1H3. The number of hydrogen-bond donors (Lipinski definition) is 1. The summed E-state index contributed by atoms with van der Waals surface area (Å²) >= 11 is 5.90. The van der Waals surface area contributed by atoms with Crippen LogP contribution in [-0.4, -0.2) is 57.6 Å². The molecule has 7 heteroatoms. The minimum absolute atomic E-state index is 0.426. The summed E-state index contributed by atoms with van der Waals surface area (Å²) in [5.41, 5.74) is 1.34. The van der Waals surface area contributed by atoms with Gasteiger partial charge in [0.25, 0.3) is 0 Å². The van der Waals surface area contributed by atoms with Crippen LogP contribution in [0.15, 0.2) is 12.1 Å². The number of aromatic nitrogens is 3. The third-order valence-electron chi connectivity index (χ3n) is 3.53. The zero-order valence-electron chi connectivity index (χ0n) is 11.3. The second-order valence-electron chi connectivity index (χ2n) is 4.94. The summed E-state index contributed by atoms with van der Waals surface area (Å²) in [6.07, 6.45) is -0.639. The van der Waals surface area contributed by atoms with Gasteiger partial charge >= 0.3 is 0 Å². The number of β-amino-alcohol motifs (C(OH)–C–C–N with tert-alkyl or cyclic N) is 1. The molecule has 0 amide bonds. The Balaban J connectivity index is 1.85. The number of nitrogens with zero attached hydrogens (tertiary/aromatic N) is 4. The van der Waals surface area contributed by atoms with E-state index >= 15 is 0 Å². The number of aliphatic hydroxyl groups excluding tert-OH is 1. The number of aliphatic hydroxyl groups is 1. The molecule has 0 radical (unpaired) electrons. The van der Waals surface area contributed by atoms with Gasteiger partial charge in [-0.2, -0.15) is 5.10 Å². The molecule has 6 nitrogen and oxygen atoms in total. The quantitative estimate of drug-likeness (QED) is 0.856. The normalized spacial score (nSPS) is 18.6. The third kappa shape index (κ3) is 2.64. The van der Waals surface area contributed by atoms with Gasteiger partial charge in [0.2, 0.25) is 0 Å². The van der Waals surface area contributed by atoms with Gasteiger partial charge in [0.05, 0.1) is 13.2 Å². The Morgan fingerprint density at radius 3 is 2.90 bits per heavy atom. The lowest BCUT2D eigenvalue weighted by atomic mass is 10.1. The van der Waals surface area contributed by atoms with Crippen LogP contribution in [0.5, 0.6) is 0 Å². The molecule has 1 unspecified atom stereocenters. The second-order valence-corrected chi connectivity index (χ2v) is 5.33. The molecule has 1 fully saturated rings. The zero-order chi connectivity index (χ0) is 14.1. The maximum atomic E-state index is 10.4. The highest BCUT2D eigenvalue weighted by Gasteiger charge is 2.21. The summed E-state index contributed by atoms with van der Waals surface area (Å²) in [7, 11) is 1.80. The maximum Gasteiger partial charge on any atom is 0.159 e. The molecule has 1 aliphatic rings. The van der Waals surface area contributed by atoms with Crippen LogP contribution in [0, 0.1) is 0 Å². The highest BCUT2D eigenvalue weighted by molar-refractivity contribution is 6.29. The van der Waals surface area contributed by atoms with Crippen LogP contribution >= 0.6 is 11.6 Å². The molecule has 2 aromatic heterocycles. The van der Waals surface area contributed by atoms with E-state index in [1.807, 2.05) is 6.07 Å². The van der Waals surface area contributed by atoms with Gasteiger partial charge in [-0.05, 0) is 12.1 Å². The van der Waals surface area contributed by atoms with Crippen molar-refractivity contribution in [3.63, 3.8) is 0 Å². The fourth-order valence-electron chi connectivity index (χ4n) is 2.50. The molecular weight excluding hydrogens is 280 g/mol. The molecule has 0 aromatic carbocycles. The van der Waals surface area contributed by atoms with Crippen LogP contribution in [0.25, 0.3) is 11.0 Å². The molecule has 1 aliphatic heterocycles. The van der Waals surface area contributed by atoms with Gasteiger partial charge in [-0.25, -0.2) is 4.98 Å². The van der Waals surface area contributed by atoms with E-state index in [1.165, 1.54) is 0 Å². The first-order valence-corrected chi connectivity index (χ1v) is 7.00. The fourth-order valence-corrected chi connectivity index (χ4v) is 2.64. The largest absolute Gasteiger partial charge is 0.385 e. The fraction of sp³-hybridized carbons (Fsp3) is 0.538. The number of aryl methyl sites for hydroxylation is 1. The predicted molar refractivity (Wildman–Crippen MR) is 75.7 cm³/mol. The number of ether oxygens (including phenoxy) is 1. The lowest BCUT2D eigenvalue weighted by Gasteiger charge is -2.28. The van der Waals surface area contributed by atoms with Crippen molar-refractivity contribution in [2.24, 2.45) is 7.05 Å². The van der Waals surface area contributed by atoms with E-state index in [-0.39, 0.29) is 0 Å². The molecular formula is C13H17ClN4O2. The summed E-state index contributed by atoms with van der Waals surface area (Å²) in [6.45, 7) is 3.66. The van der Waals surface area contributed by atoms with Crippen LogP contribution in [0.1, 0.15) is 11.8 Å². The zero-order valence-corrected chi connectivity index (χ0v) is 12.0. The van der Waals surface area contributed by atoms with E-state index in [2.05, 4.69) is 15.0 Å². The Morgan fingerprint density at radius 1 is 1.40 bits per heavy atom. The molecule has 3 rings (SSSR count). The average Bonchev–Trinajstić information content (AvgIpc) is 2.77. The molecule has 1 atom stereocenters. The first-order chi connectivity index (χ1) is 9.65. The van der Waals surface area contributed by atoms with Crippen LogP contribution in [0.3, 0.4) is 0 Å². The van der Waals surface area contributed by atoms with Crippen LogP contribution < -0.4 is 0 Å². The number of pyridine rings is 1. The molecule has 1 saturated heterocycles. The van der Waals surface area contributed by atoms with E-state index in [0.717, 1.165) is 18.5 Å². The lowest BCUT2D eigenvalue weighted by Crippen LogP contribution is -2.38. The van der Waals surface area contributed by atoms with Gasteiger partial charge in [0, 0.05) is 32.1 Å². The minimum Gasteiger partial charge on any atom is -0.385 e. The smallest absolute Gasteiger partial charge is 0.159 e. The highest BCUT2D eigenvalue weighted by atomic mass is 35.5. The first-order valence-electron chi connectivity index (χ1n) is 6.62. The van der Waals surface area contributed by atoms with Crippen LogP contribution in [0.4, 0.5) is 0 Å². The van der Waals surface area contributed by atoms with Crippen molar-refractivity contribution in [1.82, 2.24) is 19.7 Å². The van der Waals surface area contributed by atoms with E-state index in [0.29, 0.717) is 36.3 Å². The summed E-state index contributed by atoms with van der Waals surface area (Å²) in [5.74, 6) is 0. The van der Waals surface area contributed by atoms with Crippen molar-refractivity contribution < 1.29 is 9.84 Å². The average molecular weight is 297 g/mol. The number of rotatable bonds is 3. The third-order valence-corrected chi connectivity index (χ3v) is 3.74. The Bertz CT molecular complexity index is 610. The second kappa shape index (κ2) is 5.65. The SMILES string of the molecule is Cn1nc(C(O)CN2CCOCC2)c2ccc(Cl)nc21. The van der Waals surface area contributed by atoms with E-state index in [4.69, 9.17) is 16.3 Å². The van der Waals surface area contributed by atoms with Crippen molar-refractivity contribution >= 4 is 22.6 Å². The van der Waals surface area contributed by atoms with Gasteiger partial charge in [-0.15, -0.1) is 0 Å². The van der Waals surface area contributed by atoms with Crippen molar-refractivity contribution in [3.8, 4) is 0 Å². The minimum atomic E-state index is -0.639. The Hall–Kier alpha value is -1.21. The van der Waals surface area contributed by atoms with Crippen molar-refractivity contribution in [2.45, 2.75) is 6.10 Å². The van der Waals surface area contributed by atoms with E-state index in [9.17, 15) is 5.11 Å². The summed E-state index contributed by atoms with van der Waals surface area (Å²) in [6, 6.07) is 3.58. The Labute approximate surface area is 121 Å². The van der Waals surface area contributed by atoms with Gasteiger partial charge in [0.1, 0.15) is 17.0 Å². The summed E-state index contributed by atoms with van der Waals surface area (Å²) in [5, 5.41) is 16.1. The topological polar surface area (TPSA) is 63.4 Å². The monoisotopic (exact) mass is 296 g/mol. The number of fused-ring (bicyclic) bond motifs is 1. The summed E-state index contributed by atoms with van der Waals surface area (Å²) in [4.78, 5) is 6.42. The molecule has 2 aromatic rings. The molecule has 0 saturated carbocycles. The number of morpholine rings is 1. The molecule has 0 spiro atoms. The van der Waals surface area contributed by atoms with Crippen molar-refractivity contribution in [2.75, 3.05) is 32.8 Å². The molecule has 108 valence electrons. The highest BCUT2D eigenvalue weighted by Crippen LogP contribution is 2.24. The van der Waals surface area contributed by atoms with Crippen LogP contribution in [0.2, 0.25) is 5.15 Å². The van der Waals surface area contributed by atoms with Crippen molar-refractivity contribution in [3.05, 3.63) is 23.0 Å². The van der Waals surface area contributed by atoms with Crippen molar-refractivity contribution in [1.29, 1.82) is 0 Å². The van der Waals surface area contributed by atoms with E-state index in [1.54, 1.807) is 17.8 Å². The van der Waals surface area contributed by atoms with Gasteiger partial charge in [-0.1, -0.05) is 11.6 Å². The van der Waals surface area contributed by atoms with Gasteiger partial charge < -0.3 is 9.84 Å². The Morgan fingerprint density at radius 2 is 2.15 bits per heavy atom. The molecule has 0 aliphatic carbocycles. The maximum absolute atomic E-state index is 10.4. The van der Waals surface area contributed by atoms with Gasteiger partial charge in [-0.3, -0.25) is 9.58 Å². The molecule has 0 bridgehead atoms.